The summed E-state index contributed by atoms with van der Waals surface area (Å²) >= 11 is 7.64. The first-order valence-electron chi connectivity index (χ1n) is 10.5. The van der Waals surface area contributed by atoms with Gasteiger partial charge in [-0.3, -0.25) is 4.79 Å². The van der Waals surface area contributed by atoms with Crippen LogP contribution in [0.4, 0.5) is 5.69 Å². The van der Waals surface area contributed by atoms with Gasteiger partial charge in [0.1, 0.15) is 0 Å². The molecule has 1 aliphatic heterocycles. The Hall–Kier alpha value is -2.24. The van der Waals surface area contributed by atoms with Gasteiger partial charge in [-0.1, -0.05) is 66.5 Å². The molecule has 4 nitrogen and oxygen atoms in total. The number of halogens is 1. The maximum absolute atomic E-state index is 13.0. The minimum atomic E-state index is 0.152. The predicted octanol–water partition coefficient (Wildman–Crippen LogP) is 6.00. The van der Waals surface area contributed by atoms with Crippen molar-refractivity contribution in [2.24, 2.45) is 0 Å². The third-order valence-corrected chi connectivity index (χ3v) is 7.31. The highest BCUT2D eigenvalue weighted by molar-refractivity contribution is 7.99. The molecule has 2 aliphatic rings. The number of fused-ring (bicyclic) bond motifs is 1. The second-order valence-corrected chi connectivity index (χ2v) is 9.33. The highest BCUT2D eigenvalue weighted by atomic mass is 35.5. The Kier molecular flexibility index (Phi) is 5.57. The van der Waals surface area contributed by atoms with Crippen LogP contribution in [0.25, 0.3) is 11.3 Å². The van der Waals surface area contributed by atoms with Gasteiger partial charge in [0.05, 0.1) is 17.6 Å². The molecule has 1 aliphatic carbocycles. The van der Waals surface area contributed by atoms with Crippen molar-refractivity contribution >= 4 is 35.0 Å². The van der Waals surface area contributed by atoms with E-state index in [2.05, 4.69) is 10.6 Å². The van der Waals surface area contributed by atoms with Crippen LogP contribution in [-0.4, -0.2) is 27.8 Å². The van der Waals surface area contributed by atoms with Crippen LogP contribution >= 0.6 is 23.4 Å². The average Bonchev–Trinajstić information content (AvgIpc) is 3.51. The maximum atomic E-state index is 13.0. The van der Waals surface area contributed by atoms with Gasteiger partial charge in [-0.15, -0.1) is 0 Å². The lowest BCUT2D eigenvalue weighted by molar-refractivity contribution is -0.116. The summed E-state index contributed by atoms with van der Waals surface area (Å²) in [7, 11) is 0. The first-order chi connectivity index (χ1) is 14.7. The highest BCUT2D eigenvalue weighted by Gasteiger charge is 2.27. The van der Waals surface area contributed by atoms with Crippen molar-refractivity contribution in [2.75, 3.05) is 17.2 Å². The maximum Gasteiger partial charge on any atom is 0.237 e. The third kappa shape index (κ3) is 3.77. The fourth-order valence-electron chi connectivity index (χ4n) is 4.60. The smallest absolute Gasteiger partial charge is 0.237 e. The minimum absolute atomic E-state index is 0.152. The molecule has 0 bridgehead atoms. The van der Waals surface area contributed by atoms with E-state index in [-0.39, 0.29) is 5.91 Å². The molecule has 3 aromatic rings. The molecule has 0 N–H and O–H groups in total. The number of carbonyl (C=O) groups excluding carboxylic acids is 1. The van der Waals surface area contributed by atoms with E-state index in [4.69, 9.17) is 16.6 Å². The molecule has 0 atom stereocenters. The second kappa shape index (κ2) is 8.48. The molecule has 154 valence electrons. The first kappa shape index (κ1) is 19.7. The monoisotopic (exact) mass is 437 g/mol. The minimum Gasteiger partial charge on any atom is -0.316 e. The molecule has 1 aromatic heterocycles. The number of para-hydroxylation sites is 1. The molecule has 2 heterocycles. The Balaban J connectivity index is 1.38. The first-order valence-corrected chi connectivity index (χ1v) is 11.9. The van der Waals surface area contributed by atoms with Gasteiger partial charge >= 0.3 is 0 Å². The molecule has 6 heteroatoms. The zero-order chi connectivity index (χ0) is 20.5. The molecular weight excluding hydrogens is 414 g/mol. The number of imidazole rings is 1. The van der Waals surface area contributed by atoms with Crippen molar-refractivity contribution in [3.05, 3.63) is 65.3 Å². The molecule has 1 saturated carbocycles. The Labute approximate surface area is 186 Å². The van der Waals surface area contributed by atoms with Crippen molar-refractivity contribution in [2.45, 2.75) is 43.3 Å². The highest BCUT2D eigenvalue weighted by Crippen LogP contribution is 2.38. The Bertz CT molecular complexity index is 1060. The lowest BCUT2D eigenvalue weighted by atomic mass is 10.1. The van der Waals surface area contributed by atoms with Crippen molar-refractivity contribution in [3.8, 4) is 11.3 Å². The number of hydrogen-bond donors (Lipinski definition) is 0. The molecule has 5 rings (SSSR count). The molecule has 30 heavy (non-hydrogen) atoms. The summed E-state index contributed by atoms with van der Waals surface area (Å²) in [6.45, 7) is 0.770. The predicted molar refractivity (Wildman–Crippen MR) is 123 cm³/mol. The number of thioether (sulfide) groups is 1. The van der Waals surface area contributed by atoms with Crippen molar-refractivity contribution in [3.63, 3.8) is 0 Å². The third-order valence-electron chi connectivity index (χ3n) is 6.11. The molecule has 0 unspecified atom stereocenters. The molecule has 0 radical (unpaired) electrons. The number of benzene rings is 2. The number of hydrogen-bond acceptors (Lipinski definition) is 3. The van der Waals surface area contributed by atoms with Crippen LogP contribution in [0.15, 0.2) is 59.9 Å². The van der Waals surface area contributed by atoms with Crippen LogP contribution in [0, 0.1) is 0 Å². The van der Waals surface area contributed by atoms with Crippen LogP contribution in [0.1, 0.15) is 37.3 Å². The zero-order valence-corrected chi connectivity index (χ0v) is 18.3. The summed E-state index contributed by atoms with van der Waals surface area (Å²) in [6.07, 6.45) is 7.70. The van der Waals surface area contributed by atoms with Crippen molar-refractivity contribution in [1.82, 2.24) is 9.55 Å². The molecule has 0 spiro atoms. The van der Waals surface area contributed by atoms with Gasteiger partial charge in [0.25, 0.3) is 0 Å². The van der Waals surface area contributed by atoms with E-state index in [9.17, 15) is 4.79 Å². The number of nitrogens with zero attached hydrogens (tertiary/aromatic N) is 3. The number of amides is 1. The number of carbonyl (C=O) groups is 1. The van der Waals surface area contributed by atoms with Gasteiger partial charge in [-0.2, -0.15) is 0 Å². The van der Waals surface area contributed by atoms with E-state index in [0.717, 1.165) is 52.9 Å². The van der Waals surface area contributed by atoms with E-state index >= 15 is 0 Å². The van der Waals surface area contributed by atoms with E-state index in [1.807, 2.05) is 53.6 Å². The molecule has 1 amide bonds. The van der Waals surface area contributed by atoms with Crippen molar-refractivity contribution in [1.29, 1.82) is 0 Å². The topological polar surface area (TPSA) is 38.1 Å². The summed E-state index contributed by atoms with van der Waals surface area (Å²) in [4.78, 5) is 19.6. The Morgan fingerprint density at radius 2 is 1.87 bits per heavy atom. The number of aromatic nitrogens is 2. The van der Waals surface area contributed by atoms with Gasteiger partial charge in [0.15, 0.2) is 5.16 Å². The van der Waals surface area contributed by atoms with Crippen molar-refractivity contribution < 1.29 is 4.79 Å². The Morgan fingerprint density at radius 1 is 1.10 bits per heavy atom. The summed E-state index contributed by atoms with van der Waals surface area (Å²) in [5.74, 6) is 0.553. The van der Waals surface area contributed by atoms with E-state index in [1.54, 1.807) is 11.8 Å². The van der Waals surface area contributed by atoms with Crippen LogP contribution in [0.3, 0.4) is 0 Å². The van der Waals surface area contributed by atoms with E-state index < -0.39 is 0 Å². The van der Waals surface area contributed by atoms with Crippen LogP contribution < -0.4 is 4.90 Å². The van der Waals surface area contributed by atoms with Crippen LogP contribution in [0.5, 0.6) is 0 Å². The van der Waals surface area contributed by atoms with Gasteiger partial charge in [0, 0.05) is 23.3 Å². The van der Waals surface area contributed by atoms with Crippen LogP contribution in [0.2, 0.25) is 5.02 Å². The molecular formula is C24H24ClN3OS. The van der Waals surface area contributed by atoms with E-state index in [0.29, 0.717) is 11.8 Å². The van der Waals surface area contributed by atoms with Gasteiger partial charge in [-0.25, -0.2) is 4.98 Å². The van der Waals surface area contributed by atoms with Gasteiger partial charge in [-0.05, 0) is 48.6 Å². The fraction of sp³-hybridized carbons (Fsp3) is 0.333. The lowest BCUT2D eigenvalue weighted by Gasteiger charge is -2.20. The number of rotatable bonds is 5. The molecule has 2 aromatic carbocycles. The molecule has 0 saturated heterocycles. The average molecular weight is 438 g/mol. The quantitative estimate of drug-likeness (QED) is 0.459. The lowest BCUT2D eigenvalue weighted by Crippen LogP contribution is -2.30. The van der Waals surface area contributed by atoms with Gasteiger partial charge < -0.3 is 9.47 Å². The standard InChI is InChI=1S/C24H24ClN3OS/c25-19-11-9-18(10-12-19)22-15-26-24(28(22)20-6-2-3-7-20)30-16-23(29)27-14-13-17-5-1-4-8-21(17)27/h1,4-5,8-12,15,20H,2-3,6-7,13-14,16H2. The number of anilines is 1. The summed E-state index contributed by atoms with van der Waals surface area (Å²) in [6, 6.07) is 16.6. The van der Waals surface area contributed by atoms with E-state index in [1.165, 1.54) is 18.4 Å². The summed E-state index contributed by atoms with van der Waals surface area (Å²) in [5.41, 5.74) is 4.54. The van der Waals surface area contributed by atoms with Gasteiger partial charge in [0.2, 0.25) is 5.91 Å². The fourth-order valence-corrected chi connectivity index (χ4v) is 5.65. The largest absolute Gasteiger partial charge is 0.316 e. The molecule has 1 fully saturated rings. The summed E-state index contributed by atoms with van der Waals surface area (Å²) in [5, 5.41) is 1.67. The second-order valence-electron chi connectivity index (χ2n) is 7.95. The SMILES string of the molecule is O=C(CSc1ncc(-c2ccc(Cl)cc2)n1C1CCCC1)N1CCc2ccccc21. The normalized spacial score (nSPS) is 16.2. The van der Waals surface area contributed by atoms with Crippen LogP contribution in [-0.2, 0) is 11.2 Å². The Morgan fingerprint density at radius 3 is 2.67 bits per heavy atom. The zero-order valence-electron chi connectivity index (χ0n) is 16.8. The summed E-state index contributed by atoms with van der Waals surface area (Å²) < 4.78 is 2.35.